The molecule has 0 aliphatic heterocycles. The van der Waals surface area contributed by atoms with Gasteiger partial charge in [-0.15, -0.1) is 0 Å². The molecule has 1 aromatic heterocycles. The van der Waals surface area contributed by atoms with Crippen molar-refractivity contribution in [3.05, 3.63) is 57.8 Å². The van der Waals surface area contributed by atoms with Crippen molar-refractivity contribution in [2.45, 2.75) is 6.61 Å². The van der Waals surface area contributed by atoms with Crippen LogP contribution in [-0.2, 0) is 11.3 Å². The zero-order valence-electron chi connectivity index (χ0n) is 10.6. The van der Waals surface area contributed by atoms with Crippen molar-refractivity contribution in [2.24, 2.45) is 0 Å². The van der Waals surface area contributed by atoms with Gasteiger partial charge in [-0.25, -0.2) is 9.78 Å². The van der Waals surface area contributed by atoms with Crippen LogP contribution < -0.4 is 4.74 Å². The minimum atomic E-state index is -0.508. The van der Waals surface area contributed by atoms with E-state index in [1.54, 1.807) is 19.2 Å². The van der Waals surface area contributed by atoms with Crippen molar-refractivity contribution >= 4 is 29.2 Å². The predicted octanol–water partition coefficient (Wildman–Crippen LogP) is 3.75. The second kappa shape index (κ2) is 6.59. The van der Waals surface area contributed by atoms with Crippen LogP contribution in [0.5, 0.6) is 5.75 Å². The zero-order valence-corrected chi connectivity index (χ0v) is 12.1. The molecule has 0 atom stereocenters. The van der Waals surface area contributed by atoms with E-state index in [0.29, 0.717) is 0 Å². The van der Waals surface area contributed by atoms with Crippen LogP contribution in [0.25, 0.3) is 0 Å². The second-order valence-electron chi connectivity index (χ2n) is 3.92. The lowest BCUT2D eigenvalue weighted by Gasteiger charge is -2.06. The van der Waals surface area contributed by atoms with Gasteiger partial charge in [-0.1, -0.05) is 35.3 Å². The summed E-state index contributed by atoms with van der Waals surface area (Å²) in [7, 11) is 1.59. The molecule has 0 aliphatic rings. The van der Waals surface area contributed by atoms with Crippen LogP contribution in [0.1, 0.15) is 15.9 Å². The summed E-state index contributed by atoms with van der Waals surface area (Å²) in [6.45, 7) is 0.156. The predicted molar refractivity (Wildman–Crippen MR) is 76.4 cm³/mol. The molecule has 0 fully saturated rings. The maximum absolute atomic E-state index is 11.8. The smallest absolute Gasteiger partial charge is 0.340 e. The summed E-state index contributed by atoms with van der Waals surface area (Å²) in [5.74, 6) is 0.237. The molecule has 2 rings (SSSR count). The number of carbonyl (C=O) groups excluding carboxylic acids is 1. The summed E-state index contributed by atoms with van der Waals surface area (Å²) in [5.41, 5.74) is 1.11. The van der Waals surface area contributed by atoms with Gasteiger partial charge in [0, 0.05) is 6.20 Å². The summed E-state index contributed by atoms with van der Waals surface area (Å²) in [4.78, 5) is 15.6. The van der Waals surface area contributed by atoms with Crippen molar-refractivity contribution < 1.29 is 14.3 Å². The first-order chi connectivity index (χ1) is 9.60. The number of halogens is 2. The molecule has 2 aromatic rings. The Kier molecular flexibility index (Phi) is 4.82. The first-order valence-electron chi connectivity index (χ1n) is 5.71. The molecular weight excluding hydrogens is 301 g/mol. The molecular formula is C14H11Cl2NO3. The average molecular weight is 312 g/mol. The van der Waals surface area contributed by atoms with E-state index >= 15 is 0 Å². The minimum Gasteiger partial charge on any atom is -0.497 e. The maximum Gasteiger partial charge on any atom is 0.340 e. The van der Waals surface area contributed by atoms with Crippen LogP contribution in [0.15, 0.2) is 36.5 Å². The monoisotopic (exact) mass is 311 g/mol. The Bertz CT molecular complexity index is 614. The van der Waals surface area contributed by atoms with Gasteiger partial charge in [0.05, 0.1) is 17.7 Å². The van der Waals surface area contributed by atoms with Crippen LogP contribution in [0.4, 0.5) is 0 Å². The number of ether oxygens (including phenoxy) is 2. The number of pyridine rings is 1. The Morgan fingerprint density at radius 2 is 1.95 bits per heavy atom. The highest BCUT2D eigenvalue weighted by Gasteiger charge is 2.10. The summed E-state index contributed by atoms with van der Waals surface area (Å²) in [6, 6.07) is 8.65. The summed E-state index contributed by atoms with van der Waals surface area (Å²) in [5, 5.41) is 0.365. The van der Waals surface area contributed by atoms with E-state index in [2.05, 4.69) is 4.98 Å². The van der Waals surface area contributed by atoms with Crippen molar-refractivity contribution in [3.63, 3.8) is 0 Å². The molecule has 0 spiro atoms. The molecule has 0 radical (unpaired) electrons. The van der Waals surface area contributed by atoms with E-state index in [-0.39, 0.29) is 22.3 Å². The van der Waals surface area contributed by atoms with E-state index in [9.17, 15) is 4.79 Å². The summed E-state index contributed by atoms with van der Waals surface area (Å²) < 4.78 is 10.2. The van der Waals surface area contributed by atoms with Gasteiger partial charge >= 0.3 is 5.97 Å². The van der Waals surface area contributed by atoms with Gasteiger partial charge in [0.1, 0.15) is 17.5 Å². The van der Waals surface area contributed by atoms with Gasteiger partial charge in [0.15, 0.2) is 0 Å². The number of nitrogens with zero attached hydrogens (tertiary/aromatic N) is 1. The van der Waals surface area contributed by atoms with Crippen molar-refractivity contribution in [1.82, 2.24) is 4.98 Å². The molecule has 0 N–H and O–H groups in total. The van der Waals surface area contributed by atoms with Crippen LogP contribution in [-0.4, -0.2) is 18.1 Å². The lowest BCUT2D eigenvalue weighted by Crippen LogP contribution is -2.05. The Balaban J connectivity index is 1.98. The van der Waals surface area contributed by atoms with Crippen molar-refractivity contribution in [2.75, 3.05) is 7.11 Å². The van der Waals surface area contributed by atoms with Gasteiger partial charge in [-0.05, 0) is 23.8 Å². The Hall–Kier alpha value is -1.78. The number of hydrogen-bond acceptors (Lipinski definition) is 4. The average Bonchev–Trinajstić information content (AvgIpc) is 2.48. The first kappa shape index (κ1) is 14.6. The van der Waals surface area contributed by atoms with E-state index < -0.39 is 5.97 Å². The third-order valence-electron chi connectivity index (χ3n) is 2.56. The lowest BCUT2D eigenvalue weighted by atomic mass is 10.2. The van der Waals surface area contributed by atoms with Crippen molar-refractivity contribution in [3.8, 4) is 5.75 Å². The van der Waals surface area contributed by atoms with Gasteiger partial charge < -0.3 is 9.47 Å². The Labute approximate surface area is 126 Å². The number of rotatable bonds is 4. The molecule has 104 valence electrons. The fourth-order valence-electron chi connectivity index (χ4n) is 1.49. The Morgan fingerprint density at radius 3 is 2.55 bits per heavy atom. The number of hydrogen-bond donors (Lipinski definition) is 0. The largest absolute Gasteiger partial charge is 0.497 e. The molecule has 20 heavy (non-hydrogen) atoms. The second-order valence-corrected chi connectivity index (χ2v) is 4.69. The molecule has 1 heterocycles. The molecule has 0 unspecified atom stereocenters. The number of aromatic nitrogens is 1. The molecule has 1 aromatic carbocycles. The molecule has 0 saturated heterocycles. The first-order valence-corrected chi connectivity index (χ1v) is 6.47. The third-order valence-corrected chi connectivity index (χ3v) is 3.25. The normalized spacial score (nSPS) is 10.2. The van der Waals surface area contributed by atoms with E-state index in [0.717, 1.165) is 11.3 Å². The van der Waals surface area contributed by atoms with Gasteiger partial charge in [0.25, 0.3) is 0 Å². The van der Waals surface area contributed by atoms with E-state index in [4.69, 9.17) is 32.7 Å². The standard InChI is InChI=1S/C14H11Cl2NO3/c1-19-11-4-2-9(3-5-11)8-20-14(18)10-6-12(15)13(16)17-7-10/h2-7H,8H2,1H3. The number of esters is 1. The van der Waals surface area contributed by atoms with E-state index in [1.807, 2.05) is 12.1 Å². The maximum atomic E-state index is 11.8. The quantitative estimate of drug-likeness (QED) is 0.637. The van der Waals surface area contributed by atoms with Crippen LogP contribution >= 0.6 is 23.2 Å². The van der Waals surface area contributed by atoms with Gasteiger partial charge in [0.2, 0.25) is 0 Å². The number of methoxy groups -OCH3 is 1. The van der Waals surface area contributed by atoms with Crippen LogP contribution in [0.2, 0.25) is 10.2 Å². The van der Waals surface area contributed by atoms with Crippen LogP contribution in [0.3, 0.4) is 0 Å². The lowest BCUT2D eigenvalue weighted by molar-refractivity contribution is 0.0472. The third kappa shape index (κ3) is 3.62. The fourth-order valence-corrected chi connectivity index (χ4v) is 1.76. The van der Waals surface area contributed by atoms with Crippen molar-refractivity contribution in [1.29, 1.82) is 0 Å². The zero-order chi connectivity index (χ0) is 14.5. The van der Waals surface area contributed by atoms with Gasteiger partial charge in [-0.2, -0.15) is 0 Å². The highest BCUT2D eigenvalue weighted by molar-refractivity contribution is 6.41. The molecule has 0 saturated carbocycles. The highest BCUT2D eigenvalue weighted by atomic mass is 35.5. The fraction of sp³-hybridized carbons (Fsp3) is 0.143. The topological polar surface area (TPSA) is 48.4 Å². The summed E-state index contributed by atoms with van der Waals surface area (Å²) >= 11 is 11.5. The number of benzene rings is 1. The Morgan fingerprint density at radius 1 is 1.25 bits per heavy atom. The molecule has 4 nitrogen and oxygen atoms in total. The molecule has 6 heteroatoms. The molecule has 0 bridgehead atoms. The van der Waals surface area contributed by atoms with E-state index in [1.165, 1.54) is 12.3 Å². The van der Waals surface area contributed by atoms with Crippen LogP contribution in [0, 0.1) is 0 Å². The highest BCUT2D eigenvalue weighted by Crippen LogP contribution is 2.20. The SMILES string of the molecule is COc1ccc(COC(=O)c2cnc(Cl)c(Cl)c2)cc1. The van der Waals surface area contributed by atoms with Gasteiger partial charge in [-0.3, -0.25) is 0 Å². The summed E-state index contributed by atoms with van der Waals surface area (Å²) in [6.07, 6.45) is 1.32. The number of carbonyl (C=O) groups is 1. The molecule has 0 amide bonds. The molecule has 0 aliphatic carbocycles. The minimum absolute atomic E-state index is 0.151.